The number of carbonyl (C=O) groups excluding carboxylic acids is 2. The lowest BCUT2D eigenvalue weighted by Gasteiger charge is -2.55. The van der Waals surface area contributed by atoms with Crippen molar-refractivity contribution in [2.24, 2.45) is 17.6 Å². The third-order valence-corrected chi connectivity index (χ3v) is 10.5. The highest BCUT2D eigenvalue weighted by molar-refractivity contribution is 5.97. The maximum atomic E-state index is 13.4. The van der Waals surface area contributed by atoms with E-state index in [0.29, 0.717) is 24.0 Å². The zero-order chi connectivity index (χ0) is 30.1. The van der Waals surface area contributed by atoms with E-state index in [1.54, 1.807) is 18.2 Å². The quantitative estimate of drug-likeness (QED) is 0.275. The molecule has 1 saturated heterocycles. The summed E-state index contributed by atoms with van der Waals surface area (Å²) in [7, 11) is 0. The zero-order valence-electron chi connectivity index (χ0n) is 24.3. The molecule has 9 heteroatoms. The van der Waals surface area contributed by atoms with E-state index < -0.39 is 34.4 Å². The summed E-state index contributed by atoms with van der Waals surface area (Å²) in [4.78, 5) is 44.4. The van der Waals surface area contributed by atoms with Crippen LogP contribution < -0.4 is 16.6 Å². The number of nitrogens with one attached hydrogen (secondary N) is 2. The second-order valence-electron chi connectivity index (χ2n) is 13.3. The maximum Gasteiger partial charge on any atom is 0.261 e. The van der Waals surface area contributed by atoms with Crippen molar-refractivity contribution in [1.29, 1.82) is 0 Å². The van der Waals surface area contributed by atoms with Crippen LogP contribution in [0.4, 0.5) is 0 Å². The fraction of sp³-hybridized carbons (Fsp3) is 0.441. The molecule has 2 aromatic carbocycles. The highest BCUT2D eigenvalue weighted by atomic mass is 16.3. The number of primary amides is 1. The van der Waals surface area contributed by atoms with E-state index in [1.807, 2.05) is 43.3 Å². The van der Waals surface area contributed by atoms with Crippen LogP contribution in [-0.2, 0) is 29.5 Å². The minimum Gasteiger partial charge on any atom is -0.508 e. The normalized spacial score (nSPS) is 28.2. The third-order valence-electron chi connectivity index (χ3n) is 10.5. The minimum atomic E-state index is -1.16. The Morgan fingerprint density at radius 2 is 1.91 bits per heavy atom. The molecule has 9 nitrogen and oxygen atoms in total. The number of H-pyrrole nitrogens is 1. The number of aliphatic hydroxyl groups is 1. The summed E-state index contributed by atoms with van der Waals surface area (Å²) in [6, 6.07) is 15.1. The number of nitrogens with zero attached hydrogens (tertiary/aromatic N) is 1. The van der Waals surface area contributed by atoms with Gasteiger partial charge in [0.15, 0.2) is 0 Å². The van der Waals surface area contributed by atoms with E-state index in [4.69, 9.17) is 5.73 Å². The number of phenols is 1. The van der Waals surface area contributed by atoms with Gasteiger partial charge in [0.2, 0.25) is 5.91 Å². The van der Waals surface area contributed by atoms with Crippen LogP contribution >= 0.6 is 0 Å². The summed E-state index contributed by atoms with van der Waals surface area (Å²) in [5.74, 6) is -0.246. The average Bonchev–Trinajstić information content (AvgIpc) is 3.75. The van der Waals surface area contributed by atoms with Crippen LogP contribution in [0.15, 0.2) is 59.4 Å². The first-order valence-electron chi connectivity index (χ1n) is 15.2. The molecule has 1 aromatic heterocycles. The highest BCUT2D eigenvalue weighted by Crippen LogP contribution is 2.62. The molecule has 4 aliphatic rings. The second kappa shape index (κ2) is 10.1. The van der Waals surface area contributed by atoms with Gasteiger partial charge in [0, 0.05) is 49.5 Å². The number of fused-ring (bicyclic) bond motifs is 4. The molecule has 3 aromatic rings. The Kier molecular flexibility index (Phi) is 6.52. The van der Waals surface area contributed by atoms with E-state index in [0.717, 1.165) is 41.8 Å². The Balaban J connectivity index is 1.25. The van der Waals surface area contributed by atoms with Gasteiger partial charge in [0.1, 0.15) is 17.4 Å². The Morgan fingerprint density at radius 1 is 1.14 bits per heavy atom. The summed E-state index contributed by atoms with van der Waals surface area (Å²) in [5, 5.41) is 26.0. The van der Waals surface area contributed by atoms with E-state index in [-0.39, 0.29) is 30.2 Å². The molecule has 0 bridgehead atoms. The van der Waals surface area contributed by atoms with Crippen molar-refractivity contribution >= 4 is 11.8 Å². The molecule has 5 unspecified atom stereocenters. The first kappa shape index (κ1) is 27.9. The van der Waals surface area contributed by atoms with E-state index in [9.17, 15) is 24.6 Å². The summed E-state index contributed by atoms with van der Waals surface area (Å²) in [6.07, 6.45) is 4.06. The summed E-state index contributed by atoms with van der Waals surface area (Å²) in [6.45, 7) is 3.91. The number of hydrogen-bond donors (Lipinski definition) is 5. The van der Waals surface area contributed by atoms with Gasteiger partial charge in [-0.15, -0.1) is 0 Å². The van der Waals surface area contributed by atoms with Crippen LogP contribution in [0.3, 0.4) is 0 Å². The van der Waals surface area contributed by atoms with Crippen LogP contribution in [-0.4, -0.2) is 62.7 Å². The number of carbonyl (C=O) groups is 2. The number of aromatic hydroxyl groups is 1. The number of aryl methyl sites for hydroxylation is 1. The molecule has 7 rings (SSSR count). The smallest absolute Gasteiger partial charge is 0.261 e. The molecule has 1 aliphatic heterocycles. The molecule has 0 spiro atoms. The number of aromatic amines is 1. The van der Waals surface area contributed by atoms with E-state index in [1.165, 1.54) is 12.8 Å². The Labute approximate surface area is 250 Å². The first-order valence-corrected chi connectivity index (χ1v) is 15.2. The molecule has 3 fully saturated rings. The lowest BCUT2D eigenvalue weighted by atomic mass is 9.59. The van der Waals surface area contributed by atoms with Crippen molar-refractivity contribution in [3.63, 3.8) is 0 Å². The molecule has 2 heterocycles. The van der Waals surface area contributed by atoms with Crippen molar-refractivity contribution in [3.8, 4) is 5.75 Å². The number of aromatic nitrogens is 1. The molecule has 2 saturated carbocycles. The Morgan fingerprint density at radius 3 is 2.63 bits per heavy atom. The van der Waals surface area contributed by atoms with Crippen molar-refractivity contribution in [1.82, 2.24) is 15.2 Å². The van der Waals surface area contributed by atoms with Crippen LogP contribution in [0.1, 0.15) is 57.6 Å². The van der Waals surface area contributed by atoms with Crippen molar-refractivity contribution in [2.75, 3.05) is 13.1 Å². The van der Waals surface area contributed by atoms with Crippen LogP contribution in [0, 0.1) is 18.8 Å². The SMILES string of the molecule is Cc1ccc(O)cc1C12Cc3[nH]c(=O)c(C(=O)NC(Cc4ccccc4)C(N)=O)cc3CC1(O)C1C(CN1CC1CC1)C2. The number of hydrogen-bond acceptors (Lipinski definition) is 6. The van der Waals surface area contributed by atoms with Gasteiger partial charge in [-0.05, 0) is 78.5 Å². The van der Waals surface area contributed by atoms with Gasteiger partial charge in [-0.3, -0.25) is 19.3 Å². The number of phenolic OH excluding ortho intramolecular Hbond substituents is 1. The summed E-state index contributed by atoms with van der Waals surface area (Å²) < 4.78 is 0. The van der Waals surface area contributed by atoms with Crippen LogP contribution in [0.2, 0.25) is 0 Å². The highest BCUT2D eigenvalue weighted by Gasteiger charge is 2.70. The van der Waals surface area contributed by atoms with Crippen molar-refractivity contribution in [3.05, 3.63) is 98.5 Å². The molecule has 0 radical (unpaired) electrons. The summed E-state index contributed by atoms with van der Waals surface area (Å²) >= 11 is 0. The number of amides is 2. The van der Waals surface area contributed by atoms with Gasteiger partial charge >= 0.3 is 0 Å². The number of nitrogens with two attached hydrogens (primary N) is 1. The summed E-state index contributed by atoms with van der Waals surface area (Å²) in [5.41, 5.74) is 7.25. The van der Waals surface area contributed by atoms with Gasteiger partial charge in [-0.1, -0.05) is 36.4 Å². The molecular weight excluding hydrogens is 544 g/mol. The van der Waals surface area contributed by atoms with Gasteiger partial charge in [-0.25, -0.2) is 0 Å². The lowest BCUT2D eigenvalue weighted by Crippen LogP contribution is -2.68. The first-order chi connectivity index (χ1) is 20.6. The van der Waals surface area contributed by atoms with Crippen molar-refractivity contribution in [2.45, 2.75) is 68.5 Å². The fourth-order valence-corrected chi connectivity index (χ4v) is 8.33. The Bertz CT molecular complexity index is 1670. The molecule has 5 atom stereocenters. The topological polar surface area (TPSA) is 149 Å². The molecule has 43 heavy (non-hydrogen) atoms. The molecule has 6 N–H and O–H groups in total. The Hall–Kier alpha value is -3.95. The molecule has 224 valence electrons. The van der Waals surface area contributed by atoms with Crippen LogP contribution in [0.5, 0.6) is 5.75 Å². The van der Waals surface area contributed by atoms with Gasteiger partial charge in [-0.2, -0.15) is 0 Å². The second-order valence-corrected chi connectivity index (χ2v) is 13.3. The van der Waals surface area contributed by atoms with E-state index in [2.05, 4.69) is 15.2 Å². The van der Waals surface area contributed by atoms with Gasteiger partial charge in [0.05, 0.1) is 5.60 Å². The lowest BCUT2D eigenvalue weighted by molar-refractivity contribution is -0.119. The predicted octanol–water partition coefficient (Wildman–Crippen LogP) is 2.10. The molecule has 3 aliphatic carbocycles. The number of rotatable bonds is 8. The van der Waals surface area contributed by atoms with Gasteiger partial charge in [0.25, 0.3) is 11.5 Å². The minimum absolute atomic E-state index is 0.0441. The number of likely N-dealkylation sites (tertiary alicyclic amines) is 1. The monoisotopic (exact) mass is 582 g/mol. The number of benzene rings is 2. The van der Waals surface area contributed by atoms with Gasteiger partial charge < -0.3 is 26.2 Å². The zero-order valence-corrected chi connectivity index (χ0v) is 24.3. The standard InChI is InChI=1S/C34H38N4O5/c1-19-7-10-24(39)13-26(19)33-14-23-18-38(17-21-8-9-21)29(23)34(33,43)15-22-12-25(32(42)37-28(22)16-33)31(41)36-27(30(35)40)11-20-5-3-2-4-6-20/h2-7,10,12-13,21,23,27,29,39,43H,8-9,11,14-18H2,1H3,(H2,35,40)(H,36,41)(H,37,42). The molecular formula is C34H38N4O5. The fourth-order valence-electron chi connectivity index (χ4n) is 8.33. The van der Waals surface area contributed by atoms with Crippen molar-refractivity contribution < 1.29 is 19.8 Å². The number of pyridine rings is 1. The van der Waals surface area contributed by atoms with E-state index >= 15 is 0 Å². The molecule has 2 amide bonds. The average molecular weight is 583 g/mol. The van der Waals surface area contributed by atoms with Crippen LogP contribution in [0.25, 0.3) is 0 Å². The third kappa shape index (κ3) is 4.57. The predicted molar refractivity (Wildman–Crippen MR) is 161 cm³/mol. The largest absolute Gasteiger partial charge is 0.508 e. The maximum absolute atomic E-state index is 13.4.